The van der Waals surface area contributed by atoms with Crippen molar-refractivity contribution in [2.45, 2.75) is 20.3 Å². The van der Waals surface area contributed by atoms with Crippen molar-refractivity contribution in [1.29, 1.82) is 0 Å². The van der Waals surface area contributed by atoms with E-state index in [1.165, 1.54) is 12.5 Å². The third kappa shape index (κ3) is 17.6. The van der Waals surface area contributed by atoms with Crippen LogP contribution in [0.3, 0.4) is 0 Å². The lowest BCUT2D eigenvalue weighted by Gasteiger charge is -1.84. The van der Waals surface area contributed by atoms with Gasteiger partial charge in [0.2, 0.25) is 5.91 Å². The topological polar surface area (TPSA) is 29.1 Å². The molecule has 0 saturated carbocycles. The van der Waals surface area contributed by atoms with Gasteiger partial charge >= 0.3 is 0 Å². The van der Waals surface area contributed by atoms with Crippen LogP contribution in [0.4, 0.5) is 0 Å². The zero-order chi connectivity index (χ0) is 9.11. The van der Waals surface area contributed by atoms with Crippen molar-refractivity contribution in [2.24, 2.45) is 0 Å². The second-order valence-electron chi connectivity index (χ2n) is 1.92. The molecule has 0 heterocycles. The van der Waals surface area contributed by atoms with E-state index < -0.39 is 0 Å². The number of amides is 1. The minimum atomic E-state index is -0.107. The van der Waals surface area contributed by atoms with Gasteiger partial charge in [-0.25, -0.2) is 0 Å². The Balaban J connectivity index is 0. The van der Waals surface area contributed by atoms with Crippen molar-refractivity contribution in [1.82, 2.24) is 5.32 Å². The average molecular weight is 155 g/mol. The standard InChI is InChI=1S/C6H9NO.C3H8/c1-3-4-5-6(8)7-2;1-3-2/h3-5H,1H2,2H3,(H,7,8);3H2,1-2H3/b5-4-;. The van der Waals surface area contributed by atoms with Crippen LogP contribution in [0.5, 0.6) is 0 Å². The normalized spacial score (nSPS) is 8.27. The van der Waals surface area contributed by atoms with Crippen LogP contribution in [-0.4, -0.2) is 13.0 Å². The molecule has 0 spiro atoms. The van der Waals surface area contributed by atoms with E-state index in [9.17, 15) is 4.79 Å². The first-order chi connectivity index (χ1) is 5.22. The maximum Gasteiger partial charge on any atom is 0.243 e. The molecule has 0 aliphatic carbocycles. The van der Waals surface area contributed by atoms with Gasteiger partial charge in [-0.3, -0.25) is 4.79 Å². The highest BCUT2D eigenvalue weighted by molar-refractivity contribution is 5.87. The predicted molar refractivity (Wildman–Crippen MR) is 49.4 cm³/mol. The molecule has 1 N–H and O–H groups in total. The van der Waals surface area contributed by atoms with Gasteiger partial charge in [-0.15, -0.1) is 0 Å². The molecule has 0 fully saturated rings. The van der Waals surface area contributed by atoms with Crippen LogP contribution >= 0.6 is 0 Å². The van der Waals surface area contributed by atoms with Crippen LogP contribution in [0.25, 0.3) is 0 Å². The molecular formula is C9H17NO. The highest BCUT2D eigenvalue weighted by Crippen LogP contribution is 1.70. The van der Waals surface area contributed by atoms with Gasteiger partial charge in [-0.05, 0) is 0 Å². The van der Waals surface area contributed by atoms with Gasteiger partial charge in [-0.1, -0.05) is 39.0 Å². The molecule has 2 nitrogen and oxygen atoms in total. The lowest BCUT2D eigenvalue weighted by atomic mass is 10.5. The monoisotopic (exact) mass is 155 g/mol. The summed E-state index contributed by atoms with van der Waals surface area (Å²) in [6.45, 7) is 7.65. The lowest BCUT2D eigenvalue weighted by molar-refractivity contribution is -0.116. The molecule has 0 saturated heterocycles. The molecule has 0 radical (unpaired) electrons. The van der Waals surface area contributed by atoms with E-state index in [0.717, 1.165) is 0 Å². The average Bonchev–Trinajstić information content (AvgIpc) is 2.02. The fraction of sp³-hybridized carbons (Fsp3) is 0.444. The SMILES string of the molecule is C=C/C=C\C(=O)NC.CCC. The molecule has 0 aliphatic rings. The smallest absolute Gasteiger partial charge is 0.243 e. The Kier molecular flexibility index (Phi) is 13.4. The summed E-state index contributed by atoms with van der Waals surface area (Å²) in [5, 5.41) is 2.43. The van der Waals surface area contributed by atoms with E-state index in [-0.39, 0.29) is 5.91 Å². The van der Waals surface area contributed by atoms with E-state index in [1.807, 2.05) is 0 Å². The Morgan fingerprint density at radius 2 is 2.00 bits per heavy atom. The Labute approximate surface area is 69.0 Å². The van der Waals surface area contributed by atoms with Crippen LogP contribution in [0.2, 0.25) is 0 Å². The maximum atomic E-state index is 10.3. The third-order valence-corrected chi connectivity index (χ3v) is 0.630. The van der Waals surface area contributed by atoms with Gasteiger partial charge in [-0.2, -0.15) is 0 Å². The van der Waals surface area contributed by atoms with Crippen molar-refractivity contribution in [2.75, 3.05) is 7.05 Å². The van der Waals surface area contributed by atoms with Gasteiger partial charge in [0.25, 0.3) is 0 Å². The molecule has 0 rings (SSSR count). The first kappa shape index (κ1) is 12.6. The number of allylic oxidation sites excluding steroid dienone is 2. The molecule has 0 atom stereocenters. The Morgan fingerprint density at radius 1 is 1.55 bits per heavy atom. The Hall–Kier alpha value is -1.05. The molecule has 11 heavy (non-hydrogen) atoms. The van der Waals surface area contributed by atoms with Gasteiger partial charge < -0.3 is 5.32 Å². The zero-order valence-corrected chi connectivity index (χ0v) is 7.55. The number of carbonyl (C=O) groups is 1. The summed E-state index contributed by atoms with van der Waals surface area (Å²) in [5.74, 6) is -0.107. The fourth-order valence-corrected chi connectivity index (χ4v) is 0.239. The highest BCUT2D eigenvalue weighted by Gasteiger charge is 1.82. The van der Waals surface area contributed by atoms with Crippen LogP contribution in [0.15, 0.2) is 24.8 Å². The number of hydrogen-bond donors (Lipinski definition) is 1. The minimum Gasteiger partial charge on any atom is -0.356 e. The Morgan fingerprint density at radius 3 is 2.27 bits per heavy atom. The summed E-state index contributed by atoms with van der Waals surface area (Å²) in [4.78, 5) is 10.3. The number of likely N-dealkylation sites (N-methyl/N-ethyl adjacent to an activating group) is 1. The molecule has 0 aromatic rings. The van der Waals surface area contributed by atoms with E-state index in [2.05, 4.69) is 25.7 Å². The first-order valence-corrected chi connectivity index (χ1v) is 3.73. The quantitative estimate of drug-likeness (QED) is 0.479. The summed E-state index contributed by atoms with van der Waals surface area (Å²) in [5.41, 5.74) is 0. The van der Waals surface area contributed by atoms with Crippen LogP contribution in [0.1, 0.15) is 20.3 Å². The number of hydrogen-bond acceptors (Lipinski definition) is 1. The van der Waals surface area contributed by atoms with Crippen molar-refractivity contribution in [3.8, 4) is 0 Å². The van der Waals surface area contributed by atoms with Crippen LogP contribution < -0.4 is 5.32 Å². The second-order valence-corrected chi connectivity index (χ2v) is 1.92. The molecule has 64 valence electrons. The summed E-state index contributed by atoms with van der Waals surface area (Å²) >= 11 is 0. The number of rotatable bonds is 2. The van der Waals surface area contributed by atoms with Gasteiger partial charge in [0.05, 0.1) is 0 Å². The maximum absolute atomic E-state index is 10.3. The number of carbonyl (C=O) groups excluding carboxylic acids is 1. The predicted octanol–water partition coefficient (Wildman–Crippen LogP) is 1.89. The van der Waals surface area contributed by atoms with Crippen LogP contribution in [0, 0.1) is 0 Å². The lowest BCUT2D eigenvalue weighted by Crippen LogP contribution is -2.13. The van der Waals surface area contributed by atoms with Crippen LogP contribution in [-0.2, 0) is 4.79 Å². The van der Waals surface area contributed by atoms with Crippen molar-refractivity contribution >= 4 is 5.91 Å². The summed E-state index contributed by atoms with van der Waals surface area (Å²) in [6, 6.07) is 0. The van der Waals surface area contributed by atoms with Gasteiger partial charge in [0.1, 0.15) is 0 Å². The summed E-state index contributed by atoms with van der Waals surface area (Å²) in [7, 11) is 1.58. The molecule has 0 aromatic carbocycles. The zero-order valence-electron chi connectivity index (χ0n) is 7.55. The van der Waals surface area contributed by atoms with Gasteiger partial charge in [0.15, 0.2) is 0 Å². The molecule has 0 aliphatic heterocycles. The second kappa shape index (κ2) is 11.7. The summed E-state index contributed by atoms with van der Waals surface area (Å²) < 4.78 is 0. The van der Waals surface area contributed by atoms with E-state index >= 15 is 0 Å². The highest BCUT2D eigenvalue weighted by atomic mass is 16.1. The van der Waals surface area contributed by atoms with E-state index in [1.54, 1.807) is 19.2 Å². The molecular weight excluding hydrogens is 138 g/mol. The molecule has 2 heteroatoms. The Bertz CT molecular complexity index is 128. The van der Waals surface area contributed by atoms with Crippen molar-refractivity contribution in [3.63, 3.8) is 0 Å². The van der Waals surface area contributed by atoms with Gasteiger partial charge in [0, 0.05) is 13.1 Å². The summed E-state index contributed by atoms with van der Waals surface area (Å²) in [6.07, 6.45) is 5.79. The fourth-order valence-electron chi connectivity index (χ4n) is 0.239. The molecule has 1 amide bonds. The van der Waals surface area contributed by atoms with E-state index in [0.29, 0.717) is 0 Å². The van der Waals surface area contributed by atoms with E-state index in [4.69, 9.17) is 0 Å². The molecule has 0 bridgehead atoms. The largest absolute Gasteiger partial charge is 0.356 e. The molecule has 0 unspecified atom stereocenters. The third-order valence-electron chi connectivity index (χ3n) is 0.630. The van der Waals surface area contributed by atoms with Crippen molar-refractivity contribution < 1.29 is 4.79 Å². The minimum absolute atomic E-state index is 0.107. The molecule has 0 aromatic heterocycles. The number of nitrogens with one attached hydrogen (secondary N) is 1. The van der Waals surface area contributed by atoms with Crippen molar-refractivity contribution in [3.05, 3.63) is 24.8 Å². The first-order valence-electron chi connectivity index (χ1n) is 3.73.